The van der Waals surface area contributed by atoms with Crippen molar-refractivity contribution in [3.05, 3.63) is 20.8 Å². The molecule has 0 spiro atoms. The molecule has 0 bridgehead atoms. The van der Waals surface area contributed by atoms with Crippen molar-refractivity contribution < 1.29 is 5.11 Å². The molecule has 0 aliphatic heterocycles. The second-order valence-electron chi connectivity index (χ2n) is 1.86. The minimum atomic E-state index is -0.340. The van der Waals surface area contributed by atoms with Crippen LogP contribution in [0, 0.1) is 0 Å². The van der Waals surface area contributed by atoms with Crippen molar-refractivity contribution >= 4 is 27.3 Å². The molecule has 0 saturated heterocycles. The number of hydrogen-bond donors (Lipinski definition) is 1. The van der Waals surface area contributed by atoms with Crippen LogP contribution in [0.3, 0.4) is 0 Å². The van der Waals surface area contributed by atoms with Gasteiger partial charge in [0, 0.05) is 0 Å². The summed E-state index contributed by atoms with van der Waals surface area (Å²) in [5.41, 5.74) is 0.979. The quantitative estimate of drug-likeness (QED) is 0.750. The summed E-state index contributed by atoms with van der Waals surface area (Å²) in [4.78, 5) is 0. The summed E-state index contributed by atoms with van der Waals surface area (Å²) < 4.78 is 1.07. The van der Waals surface area contributed by atoms with Gasteiger partial charge in [0.25, 0.3) is 0 Å². The maximum absolute atomic E-state index is 9.02. The van der Waals surface area contributed by atoms with Gasteiger partial charge >= 0.3 is 0 Å². The largest absolute Gasteiger partial charge is 0.389 e. The Hall–Kier alpha value is 0.140. The van der Waals surface area contributed by atoms with E-state index in [9.17, 15) is 0 Å². The number of rotatable bonds is 1. The van der Waals surface area contributed by atoms with Crippen molar-refractivity contribution in [2.75, 3.05) is 0 Å². The van der Waals surface area contributed by atoms with Crippen LogP contribution in [-0.4, -0.2) is 5.11 Å². The van der Waals surface area contributed by atoms with Crippen molar-refractivity contribution in [2.24, 2.45) is 0 Å². The SMILES string of the molecule is C[C@@H](O)c1csc(Br)c1. The lowest BCUT2D eigenvalue weighted by Crippen LogP contribution is -1.84. The zero-order valence-corrected chi connectivity index (χ0v) is 7.37. The van der Waals surface area contributed by atoms with Crippen molar-refractivity contribution in [3.8, 4) is 0 Å². The molecule has 0 radical (unpaired) electrons. The molecule has 0 unspecified atom stereocenters. The average Bonchev–Trinajstić information content (AvgIpc) is 2.14. The highest BCUT2D eigenvalue weighted by molar-refractivity contribution is 9.11. The van der Waals surface area contributed by atoms with E-state index in [4.69, 9.17) is 5.11 Å². The van der Waals surface area contributed by atoms with Crippen LogP contribution in [0.1, 0.15) is 18.6 Å². The molecule has 0 aromatic carbocycles. The van der Waals surface area contributed by atoms with Gasteiger partial charge in [-0.2, -0.15) is 0 Å². The number of halogens is 1. The molecular weight excluding hydrogens is 200 g/mol. The van der Waals surface area contributed by atoms with Gasteiger partial charge in [-0.1, -0.05) is 0 Å². The van der Waals surface area contributed by atoms with Crippen LogP contribution in [0.15, 0.2) is 15.2 Å². The molecule has 0 aliphatic carbocycles. The Labute approximate surface area is 66.5 Å². The highest BCUT2D eigenvalue weighted by atomic mass is 79.9. The van der Waals surface area contributed by atoms with E-state index in [0.717, 1.165) is 9.35 Å². The number of thiophene rings is 1. The van der Waals surface area contributed by atoms with E-state index >= 15 is 0 Å². The minimum absolute atomic E-state index is 0.340. The molecule has 0 fully saturated rings. The van der Waals surface area contributed by atoms with E-state index in [0.29, 0.717) is 0 Å². The first-order chi connectivity index (χ1) is 4.20. The Morgan fingerprint density at radius 1 is 1.78 bits per heavy atom. The van der Waals surface area contributed by atoms with Gasteiger partial charge in [0.15, 0.2) is 0 Å². The smallest absolute Gasteiger partial charge is 0.0770 e. The third kappa shape index (κ3) is 1.78. The molecule has 1 rings (SSSR count). The zero-order valence-electron chi connectivity index (χ0n) is 4.97. The van der Waals surface area contributed by atoms with E-state index in [1.165, 1.54) is 0 Å². The fourth-order valence-corrected chi connectivity index (χ4v) is 1.80. The van der Waals surface area contributed by atoms with Gasteiger partial charge in [-0.25, -0.2) is 0 Å². The summed E-state index contributed by atoms with van der Waals surface area (Å²) >= 11 is 4.90. The van der Waals surface area contributed by atoms with E-state index < -0.39 is 0 Å². The van der Waals surface area contributed by atoms with Crippen LogP contribution in [-0.2, 0) is 0 Å². The van der Waals surface area contributed by atoms with Gasteiger partial charge in [0.2, 0.25) is 0 Å². The summed E-state index contributed by atoms with van der Waals surface area (Å²) in [6.45, 7) is 1.76. The van der Waals surface area contributed by atoms with Crippen LogP contribution in [0.4, 0.5) is 0 Å². The molecular formula is C6H7BrOS. The van der Waals surface area contributed by atoms with E-state index in [1.54, 1.807) is 18.3 Å². The number of hydrogen-bond acceptors (Lipinski definition) is 2. The molecule has 1 heterocycles. The standard InChI is InChI=1S/C6H7BrOS/c1-4(8)5-2-6(7)9-3-5/h2-4,8H,1H3/t4-/m1/s1. The second-order valence-corrected chi connectivity index (χ2v) is 4.15. The van der Waals surface area contributed by atoms with E-state index in [1.807, 2.05) is 11.4 Å². The summed E-state index contributed by atoms with van der Waals surface area (Å²) in [5.74, 6) is 0. The van der Waals surface area contributed by atoms with E-state index in [2.05, 4.69) is 15.9 Å². The normalized spacial score (nSPS) is 13.7. The van der Waals surface area contributed by atoms with Gasteiger partial charge in [-0.05, 0) is 39.9 Å². The fourth-order valence-electron chi connectivity index (χ4n) is 0.542. The minimum Gasteiger partial charge on any atom is -0.389 e. The lowest BCUT2D eigenvalue weighted by Gasteiger charge is -1.95. The van der Waals surface area contributed by atoms with Crippen LogP contribution < -0.4 is 0 Å². The van der Waals surface area contributed by atoms with Gasteiger partial charge in [0.05, 0.1) is 9.89 Å². The third-order valence-corrected chi connectivity index (χ3v) is 2.59. The first-order valence-corrected chi connectivity index (χ1v) is 4.29. The summed E-state index contributed by atoms with van der Waals surface area (Å²) in [5, 5.41) is 11.0. The first-order valence-electron chi connectivity index (χ1n) is 2.62. The second kappa shape index (κ2) is 2.82. The number of aliphatic hydroxyl groups excluding tert-OH is 1. The van der Waals surface area contributed by atoms with Gasteiger partial charge in [-0.3, -0.25) is 0 Å². The summed E-state index contributed by atoms with van der Waals surface area (Å²) in [6.07, 6.45) is -0.340. The number of aliphatic hydroxyl groups is 1. The van der Waals surface area contributed by atoms with Crippen molar-refractivity contribution in [3.63, 3.8) is 0 Å². The molecule has 1 atom stereocenters. The summed E-state index contributed by atoms with van der Waals surface area (Å²) in [6, 6.07) is 1.93. The molecule has 1 aromatic rings. The van der Waals surface area contributed by atoms with E-state index in [-0.39, 0.29) is 6.10 Å². The monoisotopic (exact) mass is 206 g/mol. The highest BCUT2D eigenvalue weighted by Crippen LogP contribution is 2.24. The topological polar surface area (TPSA) is 20.2 Å². The Bertz CT molecular complexity index is 195. The molecule has 0 amide bonds. The molecule has 0 aliphatic rings. The summed E-state index contributed by atoms with van der Waals surface area (Å²) in [7, 11) is 0. The predicted octanol–water partition coefficient (Wildman–Crippen LogP) is 2.56. The Morgan fingerprint density at radius 3 is 2.67 bits per heavy atom. The highest BCUT2D eigenvalue weighted by Gasteiger charge is 2.01. The Morgan fingerprint density at radius 2 is 2.44 bits per heavy atom. The molecule has 1 nitrogen and oxygen atoms in total. The molecule has 0 saturated carbocycles. The molecule has 50 valence electrons. The Kier molecular flexibility index (Phi) is 2.27. The van der Waals surface area contributed by atoms with Crippen LogP contribution in [0.5, 0.6) is 0 Å². The lowest BCUT2D eigenvalue weighted by atomic mass is 10.2. The molecule has 1 N–H and O–H groups in total. The maximum Gasteiger partial charge on any atom is 0.0770 e. The maximum atomic E-state index is 9.02. The predicted molar refractivity (Wildman–Crippen MR) is 42.7 cm³/mol. The van der Waals surface area contributed by atoms with Gasteiger partial charge < -0.3 is 5.11 Å². The van der Waals surface area contributed by atoms with Crippen LogP contribution in [0.25, 0.3) is 0 Å². The molecule has 1 aromatic heterocycles. The molecule has 9 heavy (non-hydrogen) atoms. The van der Waals surface area contributed by atoms with Crippen LogP contribution in [0.2, 0.25) is 0 Å². The lowest BCUT2D eigenvalue weighted by molar-refractivity contribution is 0.200. The van der Waals surface area contributed by atoms with Gasteiger partial charge in [0.1, 0.15) is 0 Å². The first kappa shape index (κ1) is 7.25. The zero-order chi connectivity index (χ0) is 6.85. The van der Waals surface area contributed by atoms with Crippen molar-refractivity contribution in [2.45, 2.75) is 13.0 Å². The average molecular weight is 207 g/mol. The van der Waals surface area contributed by atoms with Crippen molar-refractivity contribution in [1.82, 2.24) is 0 Å². The van der Waals surface area contributed by atoms with Crippen LogP contribution >= 0.6 is 27.3 Å². The molecule has 3 heteroatoms. The third-order valence-electron chi connectivity index (χ3n) is 1.07. The van der Waals surface area contributed by atoms with Crippen molar-refractivity contribution in [1.29, 1.82) is 0 Å². The Balaban J connectivity index is 2.85. The van der Waals surface area contributed by atoms with Gasteiger partial charge in [-0.15, -0.1) is 11.3 Å². The fraction of sp³-hybridized carbons (Fsp3) is 0.333.